The summed E-state index contributed by atoms with van der Waals surface area (Å²) in [6, 6.07) is 15.4. The first kappa shape index (κ1) is 17.5. The van der Waals surface area contributed by atoms with Crippen LogP contribution in [0.5, 0.6) is 0 Å². The second-order valence-electron chi connectivity index (χ2n) is 7.21. The van der Waals surface area contributed by atoms with Gasteiger partial charge in [0, 0.05) is 13.1 Å². The Morgan fingerprint density at radius 1 is 1.15 bits per heavy atom. The molecule has 1 aliphatic rings. The quantitative estimate of drug-likeness (QED) is 0.720. The summed E-state index contributed by atoms with van der Waals surface area (Å²) in [7, 11) is 0. The molecule has 0 unspecified atom stereocenters. The van der Waals surface area contributed by atoms with Crippen LogP contribution >= 0.6 is 0 Å². The summed E-state index contributed by atoms with van der Waals surface area (Å²) in [5.74, 6) is 0.121. The van der Waals surface area contributed by atoms with Crippen LogP contribution in [0.2, 0.25) is 0 Å². The number of carbonyl (C=O) groups excluding carboxylic acids is 1. The van der Waals surface area contributed by atoms with E-state index in [-0.39, 0.29) is 17.5 Å². The van der Waals surface area contributed by atoms with Crippen LogP contribution in [0.25, 0.3) is 10.9 Å². The number of carbonyl (C=O) groups is 1. The fourth-order valence-corrected chi connectivity index (χ4v) is 3.83. The first-order chi connectivity index (χ1) is 13.1. The summed E-state index contributed by atoms with van der Waals surface area (Å²) >= 11 is 0. The summed E-state index contributed by atoms with van der Waals surface area (Å²) in [6.07, 6.45) is 3.81. The van der Waals surface area contributed by atoms with Gasteiger partial charge in [-0.05, 0) is 43.0 Å². The molecule has 1 amide bonds. The van der Waals surface area contributed by atoms with Gasteiger partial charge in [0.25, 0.3) is 5.56 Å². The molecule has 0 spiro atoms. The van der Waals surface area contributed by atoms with Crippen molar-refractivity contribution in [3.8, 4) is 0 Å². The minimum absolute atomic E-state index is 0.0239. The van der Waals surface area contributed by atoms with Gasteiger partial charge in [0.15, 0.2) is 0 Å². The molecule has 0 aliphatic carbocycles. The number of likely N-dealkylation sites (tertiary alicyclic amines) is 1. The monoisotopic (exact) mass is 361 g/mol. The molecule has 1 aliphatic heterocycles. The van der Waals surface area contributed by atoms with Crippen molar-refractivity contribution in [1.29, 1.82) is 0 Å². The van der Waals surface area contributed by atoms with E-state index in [9.17, 15) is 9.59 Å². The normalized spacial score (nSPS) is 17.2. The van der Waals surface area contributed by atoms with E-state index < -0.39 is 0 Å². The van der Waals surface area contributed by atoms with Crippen LogP contribution in [-0.2, 0) is 11.2 Å². The molecule has 1 aromatic heterocycles. The van der Waals surface area contributed by atoms with E-state index in [1.165, 1.54) is 0 Å². The molecule has 2 heterocycles. The molecule has 27 heavy (non-hydrogen) atoms. The molecule has 138 valence electrons. The fourth-order valence-electron chi connectivity index (χ4n) is 3.83. The van der Waals surface area contributed by atoms with E-state index in [4.69, 9.17) is 0 Å². The predicted molar refractivity (Wildman–Crippen MR) is 106 cm³/mol. The molecule has 1 atom stereocenters. The molecule has 2 aromatic carbocycles. The highest BCUT2D eigenvalue weighted by atomic mass is 16.2. The molecular formula is C22H23N3O2. The van der Waals surface area contributed by atoms with E-state index in [1.807, 2.05) is 60.4 Å². The third kappa shape index (κ3) is 3.50. The highest BCUT2D eigenvalue weighted by molar-refractivity contribution is 5.79. The van der Waals surface area contributed by atoms with E-state index in [1.54, 1.807) is 10.9 Å². The van der Waals surface area contributed by atoms with Gasteiger partial charge in [-0.25, -0.2) is 4.98 Å². The lowest BCUT2D eigenvalue weighted by atomic mass is 10.0. The largest absolute Gasteiger partial charge is 0.340 e. The number of aromatic nitrogens is 2. The predicted octanol–water partition coefficient (Wildman–Crippen LogP) is 3.11. The van der Waals surface area contributed by atoms with Crippen LogP contribution in [0.15, 0.2) is 59.7 Å². The number of para-hydroxylation sites is 1. The lowest BCUT2D eigenvalue weighted by molar-refractivity contribution is -0.132. The summed E-state index contributed by atoms with van der Waals surface area (Å²) in [6.45, 7) is 3.34. The number of nitrogens with zero attached hydrogens (tertiary/aromatic N) is 3. The van der Waals surface area contributed by atoms with E-state index in [2.05, 4.69) is 4.98 Å². The standard InChI is InChI=1S/C22H23N3O2/c1-16-7-2-3-8-17(16)13-21(26)24-12-6-9-18(14-24)25-15-23-20-11-5-4-10-19(20)22(25)27/h2-5,7-8,10-11,15,18H,6,9,12-14H2,1H3/t18-/m1/s1. The van der Waals surface area contributed by atoms with Crippen molar-refractivity contribution in [3.05, 3.63) is 76.3 Å². The molecule has 4 rings (SSSR count). The van der Waals surface area contributed by atoms with Crippen LogP contribution in [0.1, 0.15) is 30.0 Å². The zero-order chi connectivity index (χ0) is 18.8. The Bertz CT molecular complexity index is 1040. The summed E-state index contributed by atoms with van der Waals surface area (Å²) in [4.78, 5) is 32.0. The van der Waals surface area contributed by atoms with Crippen LogP contribution < -0.4 is 5.56 Å². The van der Waals surface area contributed by atoms with E-state index in [0.29, 0.717) is 23.9 Å². The molecule has 0 saturated carbocycles. The molecule has 0 N–H and O–H groups in total. The molecule has 1 saturated heterocycles. The molecule has 5 nitrogen and oxygen atoms in total. The SMILES string of the molecule is Cc1ccccc1CC(=O)N1CCC[C@@H](n2cnc3ccccc3c2=O)C1. The van der Waals surface area contributed by atoms with Gasteiger partial charge in [-0.15, -0.1) is 0 Å². The van der Waals surface area contributed by atoms with Crippen molar-refractivity contribution < 1.29 is 4.79 Å². The lowest BCUT2D eigenvalue weighted by Crippen LogP contribution is -2.43. The third-order valence-electron chi connectivity index (χ3n) is 5.44. The number of aryl methyl sites for hydroxylation is 1. The first-order valence-electron chi connectivity index (χ1n) is 9.41. The highest BCUT2D eigenvalue weighted by Gasteiger charge is 2.26. The number of fused-ring (bicyclic) bond motifs is 1. The zero-order valence-corrected chi connectivity index (χ0v) is 15.5. The maximum absolute atomic E-state index is 12.9. The van der Waals surface area contributed by atoms with E-state index >= 15 is 0 Å². The van der Waals surface area contributed by atoms with Crippen molar-refractivity contribution in [1.82, 2.24) is 14.5 Å². The molecule has 0 radical (unpaired) electrons. The molecule has 0 bridgehead atoms. The number of amides is 1. The smallest absolute Gasteiger partial charge is 0.261 e. The maximum atomic E-state index is 12.9. The number of hydrogen-bond acceptors (Lipinski definition) is 3. The Kier molecular flexibility index (Phi) is 4.75. The van der Waals surface area contributed by atoms with Gasteiger partial charge in [-0.1, -0.05) is 36.4 Å². The Hall–Kier alpha value is -2.95. The number of piperidine rings is 1. The average molecular weight is 361 g/mol. The van der Waals surface area contributed by atoms with Crippen LogP contribution in [0.3, 0.4) is 0 Å². The van der Waals surface area contributed by atoms with Gasteiger partial charge in [0.05, 0.1) is 29.7 Å². The van der Waals surface area contributed by atoms with Crippen LogP contribution in [0, 0.1) is 6.92 Å². The van der Waals surface area contributed by atoms with Crippen molar-refractivity contribution in [2.24, 2.45) is 0 Å². The average Bonchev–Trinajstić information content (AvgIpc) is 2.70. The van der Waals surface area contributed by atoms with Crippen molar-refractivity contribution in [2.45, 2.75) is 32.2 Å². The second-order valence-corrected chi connectivity index (χ2v) is 7.21. The number of hydrogen-bond donors (Lipinski definition) is 0. The van der Waals surface area contributed by atoms with Crippen LogP contribution in [0.4, 0.5) is 0 Å². The number of benzene rings is 2. The van der Waals surface area contributed by atoms with Crippen molar-refractivity contribution >= 4 is 16.8 Å². The number of rotatable bonds is 3. The minimum atomic E-state index is -0.0289. The summed E-state index contributed by atoms with van der Waals surface area (Å²) < 4.78 is 1.70. The van der Waals surface area contributed by atoms with Gasteiger partial charge in [0.2, 0.25) is 5.91 Å². The van der Waals surface area contributed by atoms with E-state index in [0.717, 1.165) is 30.5 Å². The fraction of sp³-hybridized carbons (Fsp3) is 0.318. The van der Waals surface area contributed by atoms with Gasteiger partial charge in [-0.2, -0.15) is 0 Å². The Labute approximate surface area is 158 Å². The maximum Gasteiger partial charge on any atom is 0.261 e. The molecular weight excluding hydrogens is 338 g/mol. The first-order valence-corrected chi connectivity index (χ1v) is 9.41. The topological polar surface area (TPSA) is 55.2 Å². The zero-order valence-electron chi connectivity index (χ0n) is 15.5. The molecule has 3 aromatic rings. The summed E-state index contributed by atoms with van der Waals surface area (Å²) in [5, 5.41) is 0.628. The van der Waals surface area contributed by atoms with Crippen LogP contribution in [-0.4, -0.2) is 33.4 Å². The van der Waals surface area contributed by atoms with Gasteiger partial charge in [-0.3, -0.25) is 14.2 Å². The Morgan fingerprint density at radius 2 is 1.93 bits per heavy atom. The summed E-state index contributed by atoms with van der Waals surface area (Å²) in [5.41, 5.74) is 2.88. The van der Waals surface area contributed by atoms with Gasteiger partial charge >= 0.3 is 0 Å². The molecule has 1 fully saturated rings. The van der Waals surface area contributed by atoms with Crippen molar-refractivity contribution in [2.75, 3.05) is 13.1 Å². The second kappa shape index (κ2) is 7.35. The highest BCUT2D eigenvalue weighted by Crippen LogP contribution is 2.22. The van der Waals surface area contributed by atoms with Gasteiger partial charge < -0.3 is 4.90 Å². The Balaban J connectivity index is 1.55. The lowest BCUT2D eigenvalue weighted by Gasteiger charge is -2.33. The Morgan fingerprint density at radius 3 is 2.78 bits per heavy atom. The van der Waals surface area contributed by atoms with Gasteiger partial charge in [0.1, 0.15) is 0 Å². The minimum Gasteiger partial charge on any atom is -0.340 e. The third-order valence-corrected chi connectivity index (χ3v) is 5.44. The van der Waals surface area contributed by atoms with Crippen molar-refractivity contribution in [3.63, 3.8) is 0 Å². The molecule has 5 heteroatoms.